The Kier molecular flexibility index (Phi) is 7.19. The Bertz CT molecular complexity index is 824. The van der Waals surface area contributed by atoms with Gasteiger partial charge in [0.15, 0.2) is 0 Å². The topological polar surface area (TPSA) is 87.7 Å². The molecule has 27 heavy (non-hydrogen) atoms. The van der Waals surface area contributed by atoms with Gasteiger partial charge in [0.1, 0.15) is 0 Å². The van der Waals surface area contributed by atoms with Gasteiger partial charge in [-0.05, 0) is 36.4 Å². The molecule has 0 aliphatic rings. The minimum absolute atomic E-state index is 0.00738. The monoisotopic (exact) mass is 389 g/mol. The molecular formula is C19H20ClN3O4. The first kappa shape index (κ1) is 20.3. The van der Waals surface area contributed by atoms with Gasteiger partial charge in [0.25, 0.3) is 0 Å². The van der Waals surface area contributed by atoms with E-state index in [1.54, 1.807) is 48.5 Å². The summed E-state index contributed by atoms with van der Waals surface area (Å²) in [5.74, 6) is -1.04. The normalized spacial score (nSPS) is 10.0. The van der Waals surface area contributed by atoms with Gasteiger partial charge in [-0.1, -0.05) is 23.7 Å². The first-order chi connectivity index (χ1) is 12.9. The van der Waals surface area contributed by atoms with Gasteiger partial charge >= 0.3 is 5.97 Å². The van der Waals surface area contributed by atoms with E-state index in [9.17, 15) is 14.4 Å². The number of esters is 1. The van der Waals surface area contributed by atoms with Crippen molar-refractivity contribution in [1.82, 2.24) is 4.90 Å². The van der Waals surface area contributed by atoms with Crippen LogP contribution in [0.25, 0.3) is 0 Å². The number of ether oxygens (including phenoxy) is 1. The van der Waals surface area contributed by atoms with E-state index in [0.29, 0.717) is 22.0 Å². The van der Waals surface area contributed by atoms with E-state index in [1.807, 2.05) is 0 Å². The number of likely N-dealkylation sites (N-methyl/N-ethyl adjacent to an activating group) is 1. The smallest absolute Gasteiger partial charge is 0.337 e. The van der Waals surface area contributed by atoms with Crippen LogP contribution in [0.3, 0.4) is 0 Å². The maximum absolute atomic E-state index is 12.2. The highest BCUT2D eigenvalue weighted by Gasteiger charge is 2.14. The molecule has 2 N–H and O–H groups in total. The van der Waals surface area contributed by atoms with Crippen molar-refractivity contribution >= 4 is 40.8 Å². The molecule has 0 fully saturated rings. The second-order valence-corrected chi connectivity index (χ2v) is 6.11. The number of nitrogens with one attached hydrogen (secondary N) is 2. The number of carbonyl (C=O) groups excluding carboxylic acids is 3. The molecule has 0 saturated heterocycles. The zero-order chi connectivity index (χ0) is 19.8. The minimum atomic E-state index is -0.429. The standard InChI is InChI=1S/C19H20ClN3O4/c1-23(12-17(24)22-16-6-4-3-5-15(16)20)18(25)11-21-14-9-7-13(8-10-14)19(26)27-2/h3-10,21H,11-12H2,1-2H3,(H,22,24). The van der Waals surface area contributed by atoms with Gasteiger partial charge in [0, 0.05) is 12.7 Å². The third-order valence-electron chi connectivity index (χ3n) is 3.70. The lowest BCUT2D eigenvalue weighted by molar-refractivity contribution is -0.131. The van der Waals surface area contributed by atoms with Crippen LogP contribution >= 0.6 is 11.6 Å². The van der Waals surface area contributed by atoms with Gasteiger partial charge in [-0.2, -0.15) is 0 Å². The highest BCUT2D eigenvalue weighted by Crippen LogP contribution is 2.20. The van der Waals surface area contributed by atoms with Gasteiger partial charge in [-0.25, -0.2) is 4.79 Å². The molecular weight excluding hydrogens is 370 g/mol. The number of hydrogen-bond acceptors (Lipinski definition) is 5. The Labute approximate surface area is 162 Å². The summed E-state index contributed by atoms with van der Waals surface area (Å²) in [7, 11) is 2.85. The fourth-order valence-corrected chi connectivity index (χ4v) is 2.39. The number of rotatable bonds is 7. The molecule has 0 aliphatic carbocycles. The van der Waals surface area contributed by atoms with E-state index in [-0.39, 0.29) is 24.9 Å². The van der Waals surface area contributed by atoms with Crippen LogP contribution in [-0.2, 0) is 14.3 Å². The van der Waals surface area contributed by atoms with E-state index in [1.165, 1.54) is 19.1 Å². The average Bonchev–Trinajstić information content (AvgIpc) is 2.67. The first-order valence-electron chi connectivity index (χ1n) is 8.11. The number of methoxy groups -OCH3 is 1. The van der Waals surface area contributed by atoms with Crippen LogP contribution in [-0.4, -0.2) is 49.9 Å². The maximum Gasteiger partial charge on any atom is 0.337 e. The molecule has 2 rings (SSSR count). The SMILES string of the molecule is COC(=O)c1ccc(NCC(=O)N(C)CC(=O)Nc2ccccc2Cl)cc1. The molecule has 0 bridgehead atoms. The van der Waals surface area contributed by atoms with Crippen molar-refractivity contribution < 1.29 is 19.1 Å². The van der Waals surface area contributed by atoms with Gasteiger partial charge in [0.2, 0.25) is 11.8 Å². The number of nitrogens with zero attached hydrogens (tertiary/aromatic N) is 1. The van der Waals surface area contributed by atoms with Gasteiger partial charge in [0.05, 0.1) is 36.5 Å². The quantitative estimate of drug-likeness (QED) is 0.711. The molecule has 0 saturated carbocycles. The summed E-state index contributed by atoms with van der Waals surface area (Å²) in [6.45, 7) is -0.0968. The van der Waals surface area contributed by atoms with Crippen LogP contribution in [0.1, 0.15) is 10.4 Å². The van der Waals surface area contributed by atoms with Crippen LogP contribution in [0.15, 0.2) is 48.5 Å². The minimum Gasteiger partial charge on any atom is -0.465 e. The summed E-state index contributed by atoms with van der Waals surface area (Å²) in [6, 6.07) is 13.4. The summed E-state index contributed by atoms with van der Waals surface area (Å²) in [4.78, 5) is 36.9. The van der Waals surface area contributed by atoms with Crippen LogP contribution in [0, 0.1) is 0 Å². The van der Waals surface area contributed by atoms with Crippen LogP contribution in [0.4, 0.5) is 11.4 Å². The molecule has 7 nitrogen and oxygen atoms in total. The summed E-state index contributed by atoms with van der Waals surface area (Å²) >= 11 is 5.99. The predicted molar refractivity (Wildman–Crippen MR) is 104 cm³/mol. The van der Waals surface area contributed by atoms with Crippen LogP contribution in [0.2, 0.25) is 5.02 Å². The predicted octanol–water partition coefficient (Wildman–Crippen LogP) is 2.64. The molecule has 2 aromatic carbocycles. The molecule has 0 radical (unpaired) electrons. The van der Waals surface area contributed by atoms with E-state index in [4.69, 9.17) is 11.6 Å². The molecule has 0 spiro atoms. The van der Waals surface area contributed by atoms with E-state index in [0.717, 1.165) is 0 Å². The van der Waals surface area contributed by atoms with Crippen molar-refractivity contribution in [2.45, 2.75) is 0 Å². The van der Waals surface area contributed by atoms with Crippen molar-refractivity contribution in [2.75, 3.05) is 37.9 Å². The van der Waals surface area contributed by atoms with E-state index in [2.05, 4.69) is 15.4 Å². The molecule has 0 aliphatic heterocycles. The van der Waals surface area contributed by atoms with E-state index >= 15 is 0 Å². The third kappa shape index (κ3) is 6.00. The first-order valence-corrected chi connectivity index (χ1v) is 8.49. The number of anilines is 2. The van der Waals surface area contributed by atoms with Crippen molar-refractivity contribution in [1.29, 1.82) is 0 Å². The van der Waals surface area contributed by atoms with Crippen molar-refractivity contribution in [3.05, 3.63) is 59.1 Å². The fourth-order valence-electron chi connectivity index (χ4n) is 2.21. The van der Waals surface area contributed by atoms with Crippen LogP contribution in [0.5, 0.6) is 0 Å². The van der Waals surface area contributed by atoms with Gasteiger partial charge in [-0.3, -0.25) is 9.59 Å². The van der Waals surface area contributed by atoms with E-state index < -0.39 is 5.97 Å². The molecule has 0 atom stereocenters. The Morgan fingerprint density at radius 2 is 1.74 bits per heavy atom. The Hall–Kier alpha value is -3.06. The number of amides is 2. The number of halogens is 1. The number of benzene rings is 2. The molecule has 0 aromatic heterocycles. The summed E-state index contributed by atoms with van der Waals surface area (Å²) in [5.41, 5.74) is 1.58. The second-order valence-electron chi connectivity index (χ2n) is 5.70. The largest absolute Gasteiger partial charge is 0.465 e. The van der Waals surface area contributed by atoms with Crippen molar-refractivity contribution in [2.24, 2.45) is 0 Å². The van der Waals surface area contributed by atoms with Gasteiger partial charge in [-0.15, -0.1) is 0 Å². The molecule has 2 aromatic rings. The zero-order valence-corrected chi connectivity index (χ0v) is 15.7. The second kappa shape index (κ2) is 9.59. The molecule has 0 heterocycles. The Morgan fingerprint density at radius 3 is 2.37 bits per heavy atom. The lowest BCUT2D eigenvalue weighted by atomic mass is 10.2. The fraction of sp³-hybridized carbons (Fsp3) is 0.211. The average molecular weight is 390 g/mol. The Balaban J connectivity index is 1.82. The molecule has 142 valence electrons. The number of hydrogen-bond donors (Lipinski definition) is 2. The lowest BCUT2D eigenvalue weighted by Crippen LogP contribution is -2.38. The molecule has 0 unspecified atom stereocenters. The Morgan fingerprint density at radius 1 is 1.07 bits per heavy atom. The number of carbonyl (C=O) groups is 3. The summed E-state index contributed by atoms with van der Waals surface area (Å²) in [6.07, 6.45) is 0. The molecule has 8 heteroatoms. The van der Waals surface area contributed by atoms with Crippen molar-refractivity contribution in [3.8, 4) is 0 Å². The highest BCUT2D eigenvalue weighted by molar-refractivity contribution is 6.33. The third-order valence-corrected chi connectivity index (χ3v) is 4.03. The number of para-hydroxylation sites is 1. The lowest BCUT2D eigenvalue weighted by Gasteiger charge is -2.18. The summed E-state index contributed by atoms with van der Waals surface area (Å²) in [5, 5.41) is 6.04. The maximum atomic E-state index is 12.2. The zero-order valence-electron chi connectivity index (χ0n) is 15.0. The van der Waals surface area contributed by atoms with Crippen LogP contribution < -0.4 is 10.6 Å². The molecule has 2 amide bonds. The highest BCUT2D eigenvalue weighted by atomic mass is 35.5. The summed E-state index contributed by atoms with van der Waals surface area (Å²) < 4.78 is 4.63. The van der Waals surface area contributed by atoms with Crippen molar-refractivity contribution in [3.63, 3.8) is 0 Å². The van der Waals surface area contributed by atoms with Gasteiger partial charge < -0.3 is 20.3 Å².